The van der Waals surface area contributed by atoms with E-state index in [4.69, 9.17) is 15.2 Å². The zero-order valence-electron chi connectivity index (χ0n) is 15.6. The average molecular weight is 332 g/mol. The number of unbranched alkanes of at least 4 members (excludes halogenated alkanes) is 1. The van der Waals surface area contributed by atoms with Crippen LogP contribution in [0.3, 0.4) is 0 Å². The van der Waals surface area contributed by atoms with Gasteiger partial charge in [0.05, 0.1) is 6.61 Å². The zero-order valence-corrected chi connectivity index (χ0v) is 15.6. The normalized spacial score (nSPS) is 14.3. The Hall–Kier alpha value is -0.850. The lowest BCUT2D eigenvalue weighted by molar-refractivity contribution is 0.0519. The maximum Gasteiger partial charge on any atom is 0.407 e. The molecule has 2 atom stereocenters. The van der Waals surface area contributed by atoms with E-state index in [1.807, 2.05) is 20.8 Å². The van der Waals surface area contributed by atoms with E-state index in [0.717, 1.165) is 32.1 Å². The number of hydrogen-bond donors (Lipinski definition) is 3. The summed E-state index contributed by atoms with van der Waals surface area (Å²) in [4.78, 5) is 11.8. The third-order valence-corrected chi connectivity index (χ3v) is 3.39. The first-order valence-corrected chi connectivity index (χ1v) is 8.74. The van der Waals surface area contributed by atoms with Gasteiger partial charge in [-0.2, -0.15) is 0 Å². The van der Waals surface area contributed by atoms with Gasteiger partial charge in [0, 0.05) is 25.7 Å². The van der Waals surface area contributed by atoms with Crippen LogP contribution in [0.15, 0.2) is 0 Å². The fraction of sp³-hybridized carbons (Fsp3) is 0.941. The average Bonchev–Trinajstić information content (AvgIpc) is 2.45. The van der Waals surface area contributed by atoms with Crippen molar-refractivity contribution >= 4 is 6.09 Å². The summed E-state index contributed by atoms with van der Waals surface area (Å²) in [6, 6.07) is 0.464. The SMILES string of the molecule is CCCCC(CNC(=O)OC(C)(C)C)NC(CCCN)COC. The Morgan fingerprint density at radius 2 is 1.83 bits per heavy atom. The van der Waals surface area contributed by atoms with Crippen molar-refractivity contribution in [1.29, 1.82) is 0 Å². The molecular formula is C17H37N3O3. The first-order chi connectivity index (χ1) is 10.8. The molecule has 0 bridgehead atoms. The van der Waals surface area contributed by atoms with Crippen LogP contribution in [0.5, 0.6) is 0 Å². The number of nitrogens with one attached hydrogen (secondary N) is 2. The summed E-state index contributed by atoms with van der Waals surface area (Å²) >= 11 is 0. The lowest BCUT2D eigenvalue weighted by Gasteiger charge is -2.26. The van der Waals surface area contributed by atoms with E-state index in [9.17, 15) is 4.79 Å². The maximum absolute atomic E-state index is 11.8. The van der Waals surface area contributed by atoms with Crippen LogP contribution in [-0.2, 0) is 9.47 Å². The minimum Gasteiger partial charge on any atom is -0.444 e. The molecule has 0 aromatic heterocycles. The molecule has 6 heteroatoms. The van der Waals surface area contributed by atoms with Gasteiger partial charge >= 0.3 is 6.09 Å². The van der Waals surface area contributed by atoms with Crippen LogP contribution in [0.25, 0.3) is 0 Å². The monoisotopic (exact) mass is 331 g/mol. The Balaban J connectivity index is 4.44. The van der Waals surface area contributed by atoms with E-state index in [1.165, 1.54) is 0 Å². The first kappa shape index (κ1) is 22.1. The van der Waals surface area contributed by atoms with Crippen LogP contribution in [0.4, 0.5) is 4.79 Å². The number of hydrogen-bond acceptors (Lipinski definition) is 5. The quantitative estimate of drug-likeness (QED) is 0.511. The summed E-state index contributed by atoms with van der Waals surface area (Å²) in [6.45, 7) is 9.63. The van der Waals surface area contributed by atoms with Crippen LogP contribution in [0, 0.1) is 0 Å². The van der Waals surface area contributed by atoms with Gasteiger partial charge < -0.3 is 25.8 Å². The Labute approximate surface area is 141 Å². The molecule has 0 saturated heterocycles. The number of carbonyl (C=O) groups excluding carboxylic acids is 1. The van der Waals surface area contributed by atoms with E-state index in [-0.39, 0.29) is 18.2 Å². The van der Waals surface area contributed by atoms with Crippen molar-refractivity contribution in [2.45, 2.75) is 77.5 Å². The molecular weight excluding hydrogens is 294 g/mol. The fourth-order valence-corrected chi connectivity index (χ4v) is 2.33. The molecule has 0 aliphatic rings. The van der Waals surface area contributed by atoms with Crippen molar-refractivity contribution in [3.8, 4) is 0 Å². The highest BCUT2D eigenvalue weighted by Crippen LogP contribution is 2.08. The van der Waals surface area contributed by atoms with Crippen molar-refractivity contribution < 1.29 is 14.3 Å². The topological polar surface area (TPSA) is 85.6 Å². The molecule has 0 fully saturated rings. The van der Waals surface area contributed by atoms with Gasteiger partial charge in [0.1, 0.15) is 5.60 Å². The van der Waals surface area contributed by atoms with Crippen LogP contribution < -0.4 is 16.4 Å². The Bertz CT molecular complexity index is 306. The number of methoxy groups -OCH3 is 1. The van der Waals surface area contributed by atoms with E-state index in [1.54, 1.807) is 7.11 Å². The van der Waals surface area contributed by atoms with Crippen LogP contribution in [0.2, 0.25) is 0 Å². The van der Waals surface area contributed by atoms with E-state index in [2.05, 4.69) is 17.6 Å². The van der Waals surface area contributed by atoms with Crippen molar-refractivity contribution in [2.24, 2.45) is 5.73 Å². The molecule has 2 unspecified atom stereocenters. The first-order valence-electron chi connectivity index (χ1n) is 8.74. The van der Waals surface area contributed by atoms with E-state index < -0.39 is 5.60 Å². The van der Waals surface area contributed by atoms with Crippen LogP contribution in [-0.4, -0.2) is 50.6 Å². The van der Waals surface area contributed by atoms with Crippen molar-refractivity contribution in [2.75, 3.05) is 26.8 Å². The van der Waals surface area contributed by atoms with Gasteiger partial charge in [-0.1, -0.05) is 19.8 Å². The molecule has 0 radical (unpaired) electrons. The second kappa shape index (κ2) is 12.6. The molecule has 0 aliphatic carbocycles. The lowest BCUT2D eigenvalue weighted by atomic mass is 10.1. The highest BCUT2D eigenvalue weighted by molar-refractivity contribution is 5.67. The summed E-state index contributed by atoms with van der Waals surface area (Å²) in [5.74, 6) is 0. The Morgan fingerprint density at radius 3 is 2.35 bits per heavy atom. The number of amides is 1. The molecule has 0 saturated carbocycles. The van der Waals surface area contributed by atoms with Crippen molar-refractivity contribution in [3.63, 3.8) is 0 Å². The van der Waals surface area contributed by atoms with Gasteiger partial charge in [0.15, 0.2) is 0 Å². The molecule has 0 aliphatic heterocycles. The lowest BCUT2D eigenvalue weighted by Crippen LogP contribution is -2.48. The smallest absolute Gasteiger partial charge is 0.407 e. The summed E-state index contributed by atoms with van der Waals surface area (Å²) in [5.41, 5.74) is 5.12. The highest BCUT2D eigenvalue weighted by Gasteiger charge is 2.19. The standard InChI is InChI=1S/C17H37N3O3/c1-6-7-9-14(12-19-16(21)23-17(2,3)4)20-15(13-22-5)10-8-11-18/h14-15,20H,6-13,18H2,1-5H3,(H,19,21). The van der Waals surface area contributed by atoms with Gasteiger partial charge in [-0.25, -0.2) is 4.79 Å². The second-order valence-corrected chi connectivity index (χ2v) is 6.97. The van der Waals surface area contributed by atoms with Gasteiger partial charge in [0.25, 0.3) is 0 Å². The zero-order chi connectivity index (χ0) is 17.7. The van der Waals surface area contributed by atoms with Crippen molar-refractivity contribution in [1.82, 2.24) is 10.6 Å². The second-order valence-electron chi connectivity index (χ2n) is 6.97. The number of alkyl carbamates (subject to hydrolysis) is 1. The molecule has 0 heterocycles. The van der Waals surface area contributed by atoms with Crippen molar-refractivity contribution in [3.05, 3.63) is 0 Å². The summed E-state index contributed by atoms with van der Waals surface area (Å²) in [7, 11) is 1.71. The van der Waals surface area contributed by atoms with Crippen LogP contribution in [0.1, 0.15) is 59.8 Å². The predicted molar refractivity (Wildman–Crippen MR) is 94.6 cm³/mol. The largest absolute Gasteiger partial charge is 0.444 e. The molecule has 0 rings (SSSR count). The number of rotatable bonds is 12. The van der Waals surface area contributed by atoms with Gasteiger partial charge in [-0.3, -0.25) is 0 Å². The van der Waals surface area contributed by atoms with E-state index >= 15 is 0 Å². The minimum absolute atomic E-state index is 0.209. The van der Waals surface area contributed by atoms with E-state index in [0.29, 0.717) is 19.7 Å². The molecule has 1 amide bonds. The summed E-state index contributed by atoms with van der Waals surface area (Å²) < 4.78 is 10.6. The predicted octanol–water partition coefficient (Wildman–Crippen LogP) is 2.41. The fourth-order valence-electron chi connectivity index (χ4n) is 2.33. The summed E-state index contributed by atoms with van der Waals surface area (Å²) in [5, 5.41) is 6.45. The number of ether oxygens (including phenoxy) is 2. The molecule has 6 nitrogen and oxygen atoms in total. The minimum atomic E-state index is -0.476. The molecule has 0 aromatic carbocycles. The number of nitrogens with two attached hydrogens (primary N) is 1. The molecule has 0 aromatic rings. The number of carbonyl (C=O) groups is 1. The summed E-state index contributed by atoms with van der Waals surface area (Å²) in [6.07, 6.45) is 4.81. The van der Waals surface area contributed by atoms with Gasteiger partial charge in [-0.05, 0) is 46.6 Å². The third-order valence-electron chi connectivity index (χ3n) is 3.39. The third kappa shape index (κ3) is 13.3. The highest BCUT2D eigenvalue weighted by atomic mass is 16.6. The van der Waals surface area contributed by atoms with Crippen LogP contribution >= 0.6 is 0 Å². The Morgan fingerprint density at radius 1 is 1.17 bits per heavy atom. The van der Waals surface area contributed by atoms with Gasteiger partial charge in [-0.15, -0.1) is 0 Å². The molecule has 4 N–H and O–H groups in total. The van der Waals surface area contributed by atoms with Gasteiger partial charge in [0.2, 0.25) is 0 Å². The molecule has 23 heavy (non-hydrogen) atoms. The maximum atomic E-state index is 11.8. The molecule has 0 spiro atoms. The Kier molecular flexibility index (Phi) is 12.1. The molecule has 138 valence electrons.